The molecule has 1 heteroatoms. The van der Waals surface area contributed by atoms with E-state index < -0.39 is 0 Å². The van der Waals surface area contributed by atoms with Gasteiger partial charge in [0.2, 0.25) is 0 Å². The molecule has 0 saturated heterocycles. The lowest BCUT2D eigenvalue weighted by Crippen LogP contribution is -1.91. The first-order valence-electron chi connectivity index (χ1n) is 6.73. The summed E-state index contributed by atoms with van der Waals surface area (Å²) in [5, 5.41) is 11.5. The fraction of sp³-hybridized carbons (Fsp3) is 0.105. The summed E-state index contributed by atoms with van der Waals surface area (Å²) in [4.78, 5) is 0. The van der Waals surface area contributed by atoms with Crippen molar-refractivity contribution in [3.63, 3.8) is 0 Å². The van der Waals surface area contributed by atoms with Crippen molar-refractivity contribution in [3.05, 3.63) is 82.9 Å². The van der Waals surface area contributed by atoms with Crippen LogP contribution in [0.5, 0.6) is 0 Å². The molecule has 0 atom stereocenters. The normalized spacial score (nSPS) is 10.4. The molecule has 0 radical (unpaired) electrons. The van der Waals surface area contributed by atoms with Crippen LogP contribution in [0.15, 0.2) is 60.7 Å². The van der Waals surface area contributed by atoms with Gasteiger partial charge in [-0.1, -0.05) is 60.2 Å². The van der Waals surface area contributed by atoms with Crippen LogP contribution in [-0.4, -0.2) is 0 Å². The van der Waals surface area contributed by atoms with Gasteiger partial charge < -0.3 is 0 Å². The summed E-state index contributed by atoms with van der Waals surface area (Å²) in [5.41, 5.74) is 4.48. The molecule has 0 bridgehead atoms. The minimum Gasteiger partial charge on any atom is -0.192 e. The third-order valence-electron chi connectivity index (χ3n) is 3.57. The Balaban J connectivity index is 2.04. The van der Waals surface area contributed by atoms with Crippen LogP contribution in [0.1, 0.15) is 22.3 Å². The lowest BCUT2D eigenvalue weighted by atomic mass is 9.97. The SMILES string of the molecule is Cc1ccc(Cc2cc(C#N)c3ccccc3c2)cc1. The van der Waals surface area contributed by atoms with Gasteiger partial charge in [-0.2, -0.15) is 5.26 Å². The molecule has 0 spiro atoms. The molecule has 0 aromatic heterocycles. The van der Waals surface area contributed by atoms with E-state index in [4.69, 9.17) is 0 Å². The molecule has 1 nitrogen and oxygen atoms in total. The molecule has 0 fully saturated rings. The number of fused-ring (bicyclic) bond motifs is 1. The molecule has 0 heterocycles. The van der Waals surface area contributed by atoms with Crippen molar-refractivity contribution in [2.75, 3.05) is 0 Å². The highest BCUT2D eigenvalue weighted by atomic mass is 14.2. The van der Waals surface area contributed by atoms with Gasteiger partial charge in [0.15, 0.2) is 0 Å². The first-order valence-corrected chi connectivity index (χ1v) is 6.73. The van der Waals surface area contributed by atoms with Crippen LogP contribution in [0.3, 0.4) is 0 Å². The van der Waals surface area contributed by atoms with Crippen molar-refractivity contribution < 1.29 is 0 Å². The third-order valence-corrected chi connectivity index (χ3v) is 3.57. The number of benzene rings is 3. The van der Waals surface area contributed by atoms with Gasteiger partial charge in [0.1, 0.15) is 0 Å². The molecule has 96 valence electrons. The molecular formula is C19H15N. The van der Waals surface area contributed by atoms with Crippen LogP contribution in [0, 0.1) is 18.3 Å². The number of rotatable bonds is 2. The quantitative estimate of drug-likeness (QED) is 0.657. The van der Waals surface area contributed by atoms with Gasteiger partial charge in [0.05, 0.1) is 11.6 Å². The summed E-state index contributed by atoms with van der Waals surface area (Å²) in [6, 6.07) is 23.1. The Morgan fingerprint density at radius 2 is 1.65 bits per heavy atom. The summed E-state index contributed by atoms with van der Waals surface area (Å²) >= 11 is 0. The van der Waals surface area contributed by atoms with E-state index in [-0.39, 0.29) is 0 Å². The van der Waals surface area contributed by atoms with Crippen LogP contribution in [0.25, 0.3) is 10.8 Å². The molecule has 0 aliphatic carbocycles. The molecule has 3 aromatic carbocycles. The number of nitrogens with zero attached hydrogens (tertiary/aromatic N) is 1. The van der Waals surface area contributed by atoms with Crippen molar-refractivity contribution in [2.24, 2.45) is 0 Å². The predicted molar refractivity (Wildman–Crippen MR) is 82.6 cm³/mol. The lowest BCUT2D eigenvalue weighted by molar-refractivity contribution is 1.19. The Bertz CT molecular complexity index is 792. The fourth-order valence-corrected chi connectivity index (χ4v) is 2.51. The van der Waals surface area contributed by atoms with Crippen molar-refractivity contribution in [2.45, 2.75) is 13.3 Å². The van der Waals surface area contributed by atoms with E-state index in [9.17, 15) is 5.26 Å². The van der Waals surface area contributed by atoms with Gasteiger partial charge in [-0.05, 0) is 41.3 Å². The zero-order valence-corrected chi connectivity index (χ0v) is 11.4. The fourth-order valence-electron chi connectivity index (χ4n) is 2.51. The van der Waals surface area contributed by atoms with Crippen molar-refractivity contribution in [1.29, 1.82) is 5.26 Å². The maximum absolute atomic E-state index is 9.31. The summed E-state index contributed by atoms with van der Waals surface area (Å²) in [5.74, 6) is 0. The molecular weight excluding hydrogens is 242 g/mol. The smallest absolute Gasteiger partial charge is 0.0998 e. The summed E-state index contributed by atoms with van der Waals surface area (Å²) in [7, 11) is 0. The number of hydrogen-bond donors (Lipinski definition) is 0. The summed E-state index contributed by atoms with van der Waals surface area (Å²) < 4.78 is 0. The van der Waals surface area contributed by atoms with Crippen molar-refractivity contribution in [1.82, 2.24) is 0 Å². The van der Waals surface area contributed by atoms with Gasteiger partial charge >= 0.3 is 0 Å². The second kappa shape index (κ2) is 5.19. The highest BCUT2D eigenvalue weighted by molar-refractivity contribution is 5.88. The standard InChI is InChI=1S/C19H15N/c1-14-6-8-15(9-7-14)10-16-11-17-4-2-3-5-19(17)18(12-16)13-20/h2-9,11-12H,10H2,1H3. The minimum atomic E-state index is 0.755. The highest BCUT2D eigenvalue weighted by Gasteiger charge is 2.04. The maximum Gasteiger partial charge on any atom is 0.0998 e. The average Bonchev–Trinajstić information content (AvgIpc) is 2.49. The van der Waals surface area contributed by atoms with Gasteiger partial charge in [-0.15, -0.1) is 0 Å². The Morgan fingerprint density at radius 3 is 2.40 bits per heavy atom. The van der Waals surface area contributed by atoms with Gasteiger partial charge in [0, 0.05) is 0 Å². The Kier molecular flexibility index (Phi) is 3.23. The molecule has 0 amide bonds. The van der Waals surface area contributed by atoms with Gasteiger partial charge in [0.25, 0.3) is 0 Å². The first-order chi connectivity index (χ1) is 9.76. The van der Waals surface area contributed by atoms with Crippen LogP contribution in [0.4, 0.5) is 0 Å². The van der Waals surface area contributed by atoms with E-state index in [0.29, 0.717) is 0 Å². The number of aryl methyl sites for hydroxylation is 1. The minimum absolute atomic E-state index is 0.755. The molecule has 0 saturated carbocycles. The predicted octanol–water partition coefficient (Wildman–Crippen LogP) is 4.61. The topological polar surface area (TPSA) is 23.8 Å². The van der Waals surface area contributed by atoms with Crippen LogP contribution in [-0.2, 0) is 6.42 Å². The number of nitriles is 1. The van der Waals surface area contributed by atoms with Gasteiger partial charge in [-0.3, -0.25) is 0 Å². The Morgan fingerprint density at radius 1 is 0.900 bits per heavy atom. The molecule has 3 rings (SSSR count). The number of hydrogen-bond acceptors (Lipinski definition) is 1. The van der Waals surface area contributed by atoms with Crippen LogP contribution in [0.2, 0.25) is 0 Å². The summed E-state index contributed by atoms with van der Waals surface area (Å²) in [6.07, 6.45) is 0.861. The van der Waals surface area contributed by atoms with Crippen LogP contribution >= 0.6 is 0 Å². The molecule has 0 aliphatic heterocycles. The van der Waals surface area contributed by atoms with Crippen LogP contribution < -0.4 is 0 Å². The van der Waals surface area contributed by atoms with E-state index in [1.807, 2.05) is 24.3 Å². The first kappa shape index (κ1) is 12.4. The summed E-state index contributed by atoms with van der Waals surface area (Å²) in [6.45, 7) is 2.09. The van der Waals surface area contributed by atoms with E-state index in [0.717, 1.165) is 22.8 Å². The van der Waals surface area contributed by atoms with E-state index in [1.54, 1.807) is 0 Å². The highest BCUT2D eigenvalue weighted by Crippen LogP contribution is 2.22. The molecule has 3 aromatic rings. The zero-order valence-electron chi connectivity index (χ0n) is 11.4. The molecule has 0 aliphatic rings. The molecule has 20 heavy (non-hydrogen) atoms. The van der Waals surface area contributed by atoms with E-state index in [2.05, 4.69) is 49.4 Å². The lowest BCUT2D eigenvalue weighted by Gasteiger charge is -2.06. The second-order valence-electron chi connectivity index (χ2n) is 5.14. The Labute approximate surface area is 119 Å². The van der Waals surface area contributed by atoms with E-state index >= 15 is 0 Å². The van der Waals surface area contributed by atoms with E-state index in [1.165, 1.54) is 16.7 Å². The van der Waals surface area contributed by atoms with Crippen molar-refractivity contribution >= 4 is 10.8 Å². The average molecular weight is 257 g/mol. The Hall–Kier alpha value is -2.59. The second-order valence-corrected chi connectivity index (χ2v) is 5.14. The largest absolute Gasteiger partial charge is 0.192 e. The monoisotopic (exact) mass is 257 g/mol. The van der Waals surface area contributed by atoms with Crippen molar-refractivity contribution in [3.8, 4) is 6.07 Å². The zero-order chi connectivity index (χ0) is 13.9. The molecule has 0 N–H and O–H groups in total. The third kappa shape index (κ3) is 2.41. The van der Waals surface area contributed by atoms with Gasteiger partial charge in [-0.25, -0.2) is 0 Å². The maximum atomic E-state index is 9.31. The molecule has 0 unspecified atom stereocenters.